The highest BCUT2D eigenvalue weighted by Gasteiger charge is 2.16. The Kier molecular flexibility index (Phi) is 6.71. The predicted molar refractivity (Wildman–Crippen MR) is 111 cm³/mol. The molecule has 3 aromatic rings. The maximum atomic E-state index is 12.3. The number of thioether (sulfide) groups is 1. The van der Waals surface area contributed by atoms with Gasteiger partial charge in [0, 0.05) is 13.6 Å². The van der Waals surface area contributed by atoms with Crippen molar-refractivity contribution >= 4 is 34.7 Å². The topological polar surface area (TPSA) is 64.4 Å². The molecule has 0 radical (unpaired) electrons. The fourth-order valence-corrected chi connectivity index (χ4v) is 3.39. The molecule has 0 atom stereocenters. The van der Waals surface area contributed by atoms with Crippen LogP contribution in [0.25, 0.3) is 11.0 Å². The number of hydrogen-bond donors (Lipinski definition) is 0. The second-order valence-electron chi connectivity index (χ2n) is 6.43. The number of aromatic nitrogens is 2. The minimum atomic E-state index is -0.452. The number of carbonyl (C=O) groups excluding carboxylic acids is 2. The van der Waals surface area contributed by atoms with Gasteiger partial charge in [-0.05, 0) is 24.0 Å². The van der Waals surface area contributed by atoms with Crippen LogP contribution in [0.4, 0.5) is 0 Å². The van der Waals surface area contributed by atoms with Gasteiger partial charge >= 0.3 is 5.97 Å². The van der Waals surface area contributed by atoms with Crippen molar-refractivity contribution in [1.82, 2.24) is 14.5 Å². The molecule has 1 aromatic heterocycles. The first kappa shape index (κ1) is 19.9. The lowest BCUT2D eigenvalue weighted by Gasteiger charge is -2.17. The van der Waals surface area contributed by atoms with Crippen LogP contribution in [0.3, 0.4) is 0 Å². The molecule has 3 rings (SSSR count). The van der Waals surface area contributed by atoms with E-state index < -0.39 is 5.97 Å². The van der Waals surface area contributed by atoms with E-state index in [-0.39, 0.29) is 19.1 Å². The molecule has 0 saturated heterocycles. The van der Waals surface area contributed by atoms with Crippen molar-refractivity contribution in [3.05, 3.63) is 66.0 Å². The molecule has 0 aliphatic heterocycles. The van der Waals surface area contributed by atoms with Gasteiger partial charge in [-0.25, -0.2) is 4.98 Å². The third-order valence-electron chi connectivity index (χ3n) is 4.34. The molecule has 2 aromatic carbocycles. The highest BCUT2D eigenvalue weighted by atomic mass is 32.2. The van der Waals surface area contributed by atoms with Crippen LogP contribution in [0.15, 0.2) is 54.6 Å². The Labute approximate surface area is 168 Å². The van der Waals surface area contributed by atoms with Gasteiger partial charge in [-0.3, -0.25) is 9.59 Å². The second-order valence-corrected chi connectivity index (χ2v) is 7.30. The summed E-state index contributed by atoms with van der Waals surface area (Å²) >= 11 is 1.64. The molecule has 0 spiro atoms. The van der Waals surface area contributed by atoms with E-state index in [9.17, 15) is 9.59 Å². The Morgan fingerprint density at radius 2 is 1.82 bits per heavy atom. The maximum Gasteiger partial charge on any atom is 0.326 e. The average molecular weight is 398 g/mol. The third-order valence-corrected chi connectivity index (χ3v) is 4.89. The Morgan fingerprint density at radius 1 is 1.11 bits per heavy atom. The quantitative estimate of drug-likeness (QED) is 0.547. The van der Waals surface area contributed by atoms with Gasteiger partial charge in [0.05, 0.1) is 16.8 Å². The van der Waals surface area contributed by atoms with Gasteiger partial charge in [0.1, 0.15) is 12.4 Å². The van der Waals surface area contributed by atoms with Crippen LogP contribution in [0, 0.1) is 0 Å². The van der Waals surface area contributed by atoms with Crippen molar-refractivity contribution < 1.29 is 14.3 Å². The van der Waals surface area contributed by atoms with Gasteiger partial charge in [0.2, 0.25) is 0 Å². The summed E-state index contributed by atoms with van der Waals surface area (Å²) in [6.45, 7) is 0.236. The first-order valence-corrected chi connectivity index (χ1v) is 10.3. The largest absolute Gasteiger partial charge is 0.454 e. The molecular weight excluding hydrogens is 374 g/mol. The highest BCUT2D eigenvalue weighted by molar-refractivity contribution is 7.97. The molecule has 0 aliphatic rings. The summed E-state index contributed by atoms with van der Waals surface area (Å²) in [5, 5.41) is 0. The molecule has 7 heteroatoms. The van der Waals surface area contributed by atoms with Crippen molar-refractivity contribution in [2.24, 2.45) is 0 Å². The van der Waals surface area contributed by atoms with E-state index in [0.29, 0.717) is 12.3 Å². The zero-order chi connectivity index (χ0) is 19.9. The molecule has 0 aliphatic carbocycles. The maximum absolute atomic E-state index is 12.3. The molecule has 0 unspecified atom stereocenters. The third kappa shape index (κ3) is 4.92. The highest BCUT2D eigenvalue weighted by Crippen LogP contribution is 2.19. The van der Waals surface area contributed by atoms with Gasteiger partial charge in [0.15, 0.2) is 6.61 Å². The van der Waals surface area contributed by atoms with Crippen molar-refractivity contribution in [1.29, 1.82) is 0 Å². The van der Waals surface area contributed by atoms with Crippen molar-refractivity contribution in [2.45, 2.75) is 18.8 Å². The standard InChI is InChI=1S/C21H23N3O3S/c1-23(12-16-8-4-3-5-9-16)20(25)14-27-21(26)13-24-18-11-7-6-10-17(18)22-19(24)15-28-2/h3-11H,12-15H2,1-2H3. The van der Waals surface area contributed by atoms with Gasteiger partial charge in [0.25, 0.3) is 5.91 Å². The average Bonchev–Trinajstić information content (AvgIpc) is 3.04. The Balaban J connectivity index is 1.59. The first-order chi connectivity index (χ1) is 13.6. The number of esters is 1. The molecule has 0 fully saturated rings. The molecule has 0 N–H and O–H groups in total. The fraction of sp³-hybridized carbons (Fsp3) is 0.286. The number of hydrogen-bond acceptors (Lipinski definition) is 5. The normalized spacial score (nSPS) is 10.8. The van der Waals surface area contributed by atoms with E-state index in [1.54, 1.807) is 23.7 Å². The number of para-hydroxylation sites is 2. The number of imidazole rings is 1. The molecule has 28 heavy (non-hydrogen) atoms. The number of likely N-dealkylation sites (N-methyl/N-ethyl adjacent to an activating group) is 1. The lowest BCUT2D eigenvalue weighted by atomic mass is 10.2. The van der Waals surface area contributed by atoms with E-state index in [1.807, 2.05) is 65.4 Å². The van der Waals surface area contributed by atoms with Gasteiger partial charge in [-0.1, -0.05) is 42.5 Å². The van der Waals surface area contributed by atoms with E-state index >= 15 is 0 Å². The first-order valence-electron chi connectivity index (χ1n) is 8.95. The summed E-state index contributed by atoms with van der Waals surface area (Å²) < 4.78 is 7.09. The monoisotopic (exact) mass is 397 g/mol. The Hall–Kier alpha value is -2.80. The zero-order valence-electron chi connectivity index (χ0n) is 16.0. The van der Waals surface area contributed by atoms with Crippen LogP contribution < -0.4 is 0 Å². The van der Waals surface area contributed by atoms with Crippen LogP contribution in [-0.4, -0.2) is 46.2 Å². The van der Waals surface area contributed by atoms with E-state index in [0.717, 1.165) is 22.4 Å². The minimum Gasteiger partial charge on any atom is -0.454 e. The SMILES string of the molecule is CSCc1nc2ccccc2n1CC(=O)OCC(=O)N(C)Cc1ccccc1. The summed E-state index contributed by atoms with van der Waals surface area (Å²) in [7, 11) is 1.70. The number of amides is 1. The second kappa shape index (κ2) is 9.41. The van der Waals surface area contributed by atoms with Gasteiger partial charge in [-0.15, -0.1) is 0 Å². The molecule has 1 heterocycles. The molecule has 146 valence electrons. The van der Waals surface area contributed by atoms with Crippen LogP contribution >= 0.6 is 11.8 Å². The summed E-state index contributed by atoms with van der Waals surface area (Å²) in [6.07, 6.45) is 1.99. The number of rotatable bonds is 8. The van der Waals surface area contributed by atoms with Crippen molar-refractivity contribution in [3.8, 4) is 0 Å². The van der Waals surface area contributed by atoms with Crippen LogP contribution in [0.5, 0.6) is 0 Å². The molecular formula is C21H23N3O3S. The molecule has 0 saturated carbocycles. The van der Waals surface area contributed by atoms with Crippen LogP contribution in [0.2, 0.25) is 0 Å². The van der Waals surface area contributed by atoms with Crippen LogP contribution in [-0.2, 0) is 33.2 Å². The Morgan fingerprint density at radius 3 is 2.57 bits per heavy atom. The summed E-state index contributed by atoms with van der Waals surface area (Å²) in [6, 6.07) is 17.4. The summed E-state index contributed by atoms with van der Waals surface area (Å²) in [4.78, 5) is 30.7. The summed E-state index contributed by atoms with van der Waals surface area (Å²) in [5.74, 6) is 0.822. The van der Waals surface area contributed by atoms with Gasteiger partial charge in [-0.2, -0.15) is 11.8 Å². The molecule has 0 bridgehead atoms. The number of nitrogens with zero attached hydrogens (tertiary/aromatic N) is 3. The smallest absolute Gasteiger partial charge is 0.326 e. The molecule has 6 nitrogen and oxygen atoms in total. The van der Waals surface area contributed by atoms with E-state index in [2.05, 4.69) is 4.98 Å². The number of ether oxygens (including phenoxy) is 1. The van der Waals surface area contributed by atoms with Gasteiger partial charge < -0.3 is 14.2 Å². The van der Waals surface area contributed by atoms with Crippen molar-refractivity contribution in [3.63, 3.8) is 0 Å². The lowest BCUT2D eigenvalue weighted by Crippen LogP contribution is -2.31. The lowest BCUT2D eigenvalue weighted by molar-refractivity contribution is -0.152. The zero-order valence-corrected chi connectivity index (χ0v) is 16.8. The number of carbonyl (C=O) groups is 2. The Bertz CT molecular complexity index is 956. The minimum absolute atomic E-state index is 0.0338. The molecule has 1 amide bonds. The van der Waals surface area contributed by atoms with E-state index in [1.165, 1.54) is 0 Å². The predicted octanol–water partition coefficient (Wildman–Crippen LogP) is 3.10. The van der Waals surface area contributed by atoms with Crippen molar-refractivity contribution in [2.75, 3.05) is 19.9 Å². The van der Waals surface area contributed by atoms with E-state index in [4.69, 9.17) is 4.74 Å². The van der Waals surface area contributed by atoms with Crippen LogP contribution in [0.1, 0.15) is 11.4 Å². The number of fused-ring (bicyclic) bond motifs is 1. The summed E-state index contributed by atoms with van der Waals surface area (Å²) in [5.41, 5.74) is 2.75. The fourth-order valence-electron chi connectivity index (χ4n) is 2.91. The number of benzene rings is 2.